The molecule has 1 heterocycles. The van der Waals surface area contributed by atoms with E-state index in [1.54, 1.807) is 35.5 Å². The normalized spacial score (nSPS) is 16.6. The quantitative estimate of drug-likeness (QED) is 0.0803. The van der Waals surface area contributed by atoms with E-state index in [9.17, 15) is 0 Å². The van der Waals surface area contributed by atoms with Crippen LogP contribution in [0, 0.1) is 0 Å². The second-order valence-electron chi connectivity index (χ2n) is 14.2. The van der Waals surface area contributed by atoms with Crippen molar-refractivity contribution in [2.45, 2.75) is 44.4 Å². The predicted octanol–water partition coefficient (Wildman–Crippen LogP) is 8.88. The SMILES string of the molecule is COc1ccccc1COCCCOc1ccc([C@H]2[C@@H](OCc3cc(OC)c4ccccc4c3OC)CNC[C@H]2OCc2cc(OC)c3ccccc3c2OC)cc1. The first-order chi connectivity index (χ1) is 28.6. The summed E-state index contributed by atoms with van der Waals surface area (Å²) in [7, 11) is 8.44. The van der Waals surface area contributed by atoms with Gasteiger partial charge in [0, 0.05) is 63.7 Å². The standard InChI is InChI=1S/C48H53NO9/c1-50-41-18-11-6-13-33(41)29-55-23-12-24-56-36-21-19-32(20-22-36)46-44(57-30-34-25-42(51-2)37-14-7-9-16-39(37)47(34)53-4)27-49-28-45(46)58-31-35-26-43(52-3)38-15-8-10-17-40(38)48(35)54-5/h6-11,13-22,25-26,44-46,49H,12,23-24,27-31H2,1-5H3/t44-,45+,46-. The van der Waals surface area contributed by atoms with Gasteiger partial charge in [0.25, 0.3) is 0 Å². The number of para-hydroxylation sites is 1. The van der Waals surface area contributed by atoms with Gasteiger partial charge in [-0.2, -0.15) is 0 Å². The first-order valence-electron chi connectivity index (χ1n) is 19.7. The van der Waals surface area contributed by atoms with Gasteiger partial charge in [-0.05, 0) is 35.9 Å². The highest BCUT2D eigenvalue weighted by Crippen LogP contribution is 2.40. The highest BCUT2D eigenvalue weighted by molar-refractivity contribution is 5.95. The Balaban J connectivity index is 1.09. The summed E-state index contributed by atoms with van der Waals surface area (Å²) < 4.78 is 54.7. The molecule has 3 atom stereocenters. The molecule has 0 bridgehead atoms. The van der Waals surface area contributed by atoms with Crippen LogP contribution in [0.3, 0.4) is 0 Å². The minimum Gasteiger partial charge on any atom is -0.496 e. The summed E-state index contributed by atoms with van der Waals surface area (Å²) >= 11 is 0. The van der Waals surface area contributed by atoms with Crippen molar-refractivity contribution in [3.8, 4) is 34.5 Å². The Labute approximate surface area is 340 Å². The van der Waals surface area contributed by atoms with E-state index in [1.807, 2.05) is 97.1 Å². The molecule has 0 spiro atoms. The second kappa shape index (κ2) is 19.8. The van der Waals surface area contributed by atoms with Crippen LogP contribution in [0.1, 0.15) is 34.6 Å². The Kier molecular flexibility index (Phi) is 13.9. The lowest BCUT2D eigenvalue weighted by atomic mass is 9.85. The molecule has 0 radical (unpaired) electrons. The number of methoxy groups -OCH3 is 5. The first-order valence-corrected chi connectivity index (χ1v) is 19.7. The van der Waals surface area contributed by atoms with Crippen LogP contribution in [0.15, 0.2) is 109 Å². The Bertz CT molecular complexity index is 2150. The molecule has 1 aliphatic heterocycles. The Morgan fingerprint density at radius 1 is 0.500 bits per heavy atom. The molecule has 1 N–H and O–H groups in total. The van der Waals surface area contributed by atoms with Crippen LogP contribution in [-0.4, -0.2) is 74.1 Å². The van der Waals surface area contributed by atoms with Crippen molar-refractivity contribution in [1.82, 2.24) is 5.32 Å². The lowest BCUT2D eigenvalue weighted by Gasteiger charge is -2.39. The molecule has 1 saturated heterocycles. The molecule has 304 valence electrons. The van der Waals surface area contributed by atoms with Gasteiger partial charge in [0.15, 0.2) is 0 Å². The van der Waals surface area contributed by atoms with Crippen LogP contribution in [0.5, 0.6) is 34.5 Å². The van der Waals surface area contributed by atoms with E-state index in [1.165, 1.54) is 0 Å². The Morgan fingerprint density at radius 3 is 1.55 bits per heavy atom. The van der Waals surface area contributed by atoms with Crippen molar-refractivity contribution in [3.63, 3.8) is 0 Å². The van der Waals surface area contributed by atoms with Gasteiger partial charge in [0.2, 0.25) is 0 Å². The van der Waals surface area contributed by atoms with Crippen molar-refractivity contribution in [2.75, 3.05) is 61.9 Å². The molecule has 0 aliphatic carbocycles. The average molecular weight is 788 g/mol. The molecular weight excluding hydrogens is 735 g/mol. The van der Waals surface area contributed by atoms with Gasteiger partial charge in [-0.15, -0.1) is 0 Å². The highest BCUT2D eigenvalue weighted by atomic mass is 16.5. The molecular formula is C48H53NO9. The van der Waals surface area contributed by atoms with Crippen molar-refractivity contribution in [1.29, 1.82) is 0 Å². The summed E-state index contributed by atoms with van der Waals surface area (Å²) in [5.74, 6) is 4.59. The average Bonchev–Trinajstić information content (AvgIpc) is 3.28. The summed E-state index contributed by atoms with van der Waals surface area (Å²) in [6.45, 7) is 3.50. The molecule has 10 heteroatoms. The molecule has 0 amide bonds. The molecule has 7 rings (SSSR count). The fourth-order valence-corrected chi connectivity index (χ4v) is 7.93. The van der Waals surface area contributed by atoms with E-state index in [4.69, 9.17) is 42.6 Å². The number of hydrogen-bond donors (Lipinski definition) is 1. The largest absolute Gasteiger partial charge is 0.496 e. The van der Waals surface area contributed by atoms with Crippen LogP contribution in [-0.2, 0) is 34.0 Å². The third-order valence-electron chi connectivity index (χ3n) is 10.7. The van der Waals surface area contributed by atoms with Gasteiger partial charge in [-0.1, -0.05) is 78.9 Å². The fourth-order valence-electron chi connectivity index (χ4n) is 7.93. The number of rotatable bonds is 19. The van der Waals surface area contributed by atoms with Crippen LogP contribution in [0.4, 0.5) is 0 Å². The van der Waals surface area contributed by atoms with Gasteiger partial charge < -0.3 is 47.9 Å². The number of hydrogen-bond acceptors (Lipinski definition) is 10. The van der Waals surface area contributed by atoms with Crippen molar-refractivity contribution < 1.29 is 42.6 Å². The highest BCUT2D eigenvalue weighted by Gasteiger charge is 2.37. The van der Waals surface area contributed by atoms with Gasteiger partial charge in [0.05, 0.1) is 80.8 Å². The molecule has 0 aromatic heterocycles. The number of ether oxygens (including phenoxy) is 9. The van der Waals surface area contributed by atoms with E-state index in [-0.39, 0.29) is 18.1 Å². The Hall–Kier alpha value is -5.52. The summed E-state index contributed by atoms with van der Waals surface area (Å²) in [5.41, 5.74) is 3.93. The maximum absolute atomic E-state index is 6.85. The van der Waals surface area contributed by atoms with E-state index in [0.29, 0.717) is 46.1 Å². The maximum Gasteiger partial charge on any atom is 0.132 e. The second-order valence-corrected chi connectivity index (χ2v) is 14.2. The molecule has 0 saturated carbocycles. The monoisotopic (exact) mass is 787 g/mol. The van der Waals surface area contributed by atoms with Gasteiger partial charge in [-0.25, -0.2) is 0 Å². The van der Waals surface area contributed by atoms with Gasteiger partial charge in [0.1, 0.15) is 34.5 Å². The molecule has 6 aromatic carbocycles. The smallest absolute Gasteiger partial charge is 0.132 e. The molecule has 6 aromatic rings. The fraction of sp³-hybridized carbons (Fsp3) is 0.333. The number of nitrogens with one attached hydrogen (secondary N) is 1. The van der Waals surface area contributed by atoms with Crippen molar-refractivity contribution in [3.05, 3.63) is 131 Å². The lowest BCUT2D eigenvalue weighted by Crippen LogP contribution is -2.50. The summed E-state index contributed by atoms with van der Waals surface area (Å²) in [4.78, 5) is 0. The number of fused-ring (bicyclic) bond motifs is 2. The first kappa shape index (κ1) is 40.7. The Morgan fingerprint density at radius 2 is 1.02 bits per heavy atom. The number of piperidine rings is 1. The topological polar surface area (TPSA) is 95.1 Å². The molecule has 58 heavy (non-hydrogen) atoms. The molecule has 10 nitrogen and oxygen atoms in total. The third kappa shape index (κ3) is 9.11. The van der Waals surface area contributed by atoms with Crippen LogP contribution in [0.25, 0.3) is 21.5 Å². The van der Waals surface area contributed by atoms with Crippen LogP contribution < -0.4 is 33.7 Å². The van der Waals surface area contributed by atoms with Gasteiger partial charge in [-0.3, -0.25) is 0 Å². The van der Waals surface area contributed by atoms with Crippen LogP contribution >= 0.6 is 0 Å². The van der Waals surface area contributed by atoms with E-state index in [0.717, 1.165) is 84.7 Å². The zero-order valence-electron chi connectivity index (χ0n) is 34.0. The molecule has 1 fully saturated rings. The zero-order valence-corrected chi connectivity index (χ0v) is 34.0. The van der Waals surface area contributed by atoms with Crippen molar-refractivity contribution >= 4 is 21.5 Å². The zero-order chi connectivity index (χ0) is 40.3. The minimum absolute atomic E-state index is 0.111. The third-order valence-corrected chi connectivity index (χ3v) is 10.7. The number of benzene rings is 6. The minimum atomic E-state index is -0.235. The van der Waals surface area contributed by atoms with E-state index in [2.05, 4.69) is 17.4 Å². The van der Waals surface area contributed by atoms with Crippen LogP contribution in [0.2, 0.25) is 0 Å². The summed E-state index contributed by atoms with van der Waals surface area (Å²) in [5, 5.41) is 7.50. The predicted molar refractivity (Wildman–Crippen MR) is 226 cm³/mol. The summed E-state index contributed by atoms with van der Waals surface area (Å²) in [6, 6.07) is 36.4. The van der Waals surface area contributed by atoms with Gasteiger partial charge >= 0.3 is 0 Å². The molecule has 1 aliphatic rings. The molecule has 0 unspecified atom stereocenters. The lowest BCUT2D eigenvalue weighted by molar-refractivity contribution is -0.0655. The van der Waals surface area contributed by atoms with Crippen molar-refractivity contribution in [2.24, 2.45) is 0 Å². The maximum atomic E-state index is 6.85. The summed E-state index contributed by atoms with van der Waals surface area (Å²) in [6.07, 6.45) is 0.283. The van der Waals surface area contributed by atoms with E-state index >= 15 is 0 Å². The van der Waals surface area contributed by atoms with E-state index < -0.39 is 0 Å².